The number of rotatable bonds is 3. The maximum absolute atomic E-state index is 11.3. The Balaban J connectivity index is 2.50. The molecular weight excluding hydrogens is 178 g/mol. The summed E-state index contributed by atoms with van der Waals surface area (Å²) in [5, 5.41) is 0. The molecule has 0 amide bonds. The molecule has 0 aliphatic heterocycles. The van der Waals surface area contributed by atoms with Gasteiger partial charge in [-0.25, -0.2) is 0 Å². The number of carbonyl (C=O) groups excluding carboxylic acids is 1. The average molecular weight is 193 g/mol. The van der Waals surface area contributed by atoms with Gasteiger partial charge in [-0.05, 0) is 26.0 Å². The summed E-state index contributed by atoms with van der Waals surface area (Å²) in [7, 11) is 0. The number of hydrogen-bond donors (Lipinski definition) is 1. The predicted octanol–water partition coefficient (Wildman–Crippen LogP) is 1.72. The Morgan fingerprint density at radius 3 is 2.43 bits per heavy atom. The molecule has 0 aliphatic rings. The maximum atomic E-state index is 11.3. The second-order valence-corrected chi connectivity index (χ2v) is 3.95. The summed E-state index contributed by atoms with van der Waals surface area (Å²) in [5.74, 6) is 0.255. The van der Waals surface area contributed by atoms with Gasteiger partial charge in [-0.1, -0.05) is 18.2 Å². The molecule has 0 bridgehead atoms. The Morgan fingerprint density at radius 2 is 1.93 bits per heavy atom. The van der Waals surface area contributed by atoms with Crippen LogP contribution in [0.25, 0.3) is 0 Å². The van der Waals surface area contributed by atoms with Gasteiger partial charge in [0, 0.05) is 5.54 Å². The number of benzene rings is 1. The molecule has 76 valence electrons. The van der Waals surface area contributed by atoms with E-state index in [-0.39, 0.29) is 12.4 Å². The summed E-state index contributed by atoms with van der Waals surface area (Å²) in [6, 6.07) is 8.97. The second-order valence-electron chi connectivity index (χ2n) is 3.95. The molecule has 3 nitrogen and oxygen atoms in total. The van der Waals surface area contributed by atoms with Crippen LogP contribution in [0, 0.1) is 0 Å². The smallest absolute Gasteiger partial charge is 0.313 e. The SMILES string of the molecule is CC(C)(N)CC(=O)Oc1ccccc1. The third-order valence-electron chi connectivity index (χ3n) is 1.57. The number of para-hydroxylation sites is 1. The van der Waals surface area contributed by atoms with Crippen molar-refractivity contribution in [2.45, 2.75) is 25.8 Å². The van der Waals surface area contributed by atoms with Crippen LogP contribution >= 0.6 is 0 Å². The van der Waals surface area contributed by atoms with Crippen molar-refractivity contribution in [1.29, 1.82) is 0 Å². The van der Waals surface area contributed by atoms with E-state index in [2.05, 4.69) is 0 Å². The number of carbonyl (C=O) groups is 1. The first-order valence-electron chi connectivity index (χ1n) is 4.52. The summed E-state index contributed by atoms with van der Waals surface area (Å²) < 4.78 is 5.07. The van der Waals surface area contributed by atoms with Gasteiger partial charge in [0.25, 0.3) is 0 Å². The molecule has 1 rings (SSSR count). The first-order chi connectivity index (χ1) is 6.47. The molecule has 3 heteroatoms. The van der Waals surface area contributed by atoms with Gasteiger partial charge >= 0.3 is 5.97 Å². The molecule has 0 atom stereocenters. The maximum Gasteiger partial charge on any atom is 0.313 e. The van der Waals surface area contributed by atoms with Crippen molar-refractivity contribution >= 4 is 5.97 Å². The van der Waals surface area contributed by atoms with E-state index in [0.29, 0.717) is 5.75 Å². The van der Waals surface area contributed by atoms with Gasteiger partial charge in [0.2, 0.25) is 0 Å². The molecule has 0 aliphatic carbocycles. The van der Waals surface area contributed by atoms with Crippen LogP contribution in [0.2, 0.25) is 0 Å². The van der Waals surface area contributed by atoms with Crippen molar-refractivity contribution in [3.05, 3.63) is 30.3 Å². The molecule has 1 aromatic rings. The highest BCUT2D eigenvalue weighted by atomic mass is 16.5. The standard InChI is InChI=1S/C11H15NO2/c1-11(2,12)8-10(13)14-9-6-4-3-5-7-9/h3-7H,8,12H2,1-2H3. The molecule has 1 aromatic carbocycles. The molecule has 0 saturated heterocycles. The molecule has 0 heterocycles. The number of esters is 1. The van der Waals surface area contributed by atoms with Crippen LogP contribution in [0.4, 0.5) is 0 Å². The largest absolute Gasteiger partial charge is 0.426 e. The first kappa shape index (κ1) is 10.7. The van der Waals surface area contributed by atoms with E-state index in [4.69, 9.17) is 10.5 Å². The van der Waals surface area contributed by atoms with E-state index in [0.717, 1.165) is 0 Å². The van der Waals surface area contributed by atoms with Crippen molar-refractivity contribution < 1.29 is 9.53 Å². The summed E-state index contributed by atoms with van der Waals surface area (Å²) in [6.07, 6.45) is 0.210. The van der Waals surface area contributed by atoms with Gasteiger partial charge in [-0.15, -0.1) is 0 Å². The lowest BCUT2D eigenvalue weighted by atomic mass is 10.0. The van der Waals surface area contributed by atoms with Crippen molar-refractivity contribution in [3.63, 3.8) is 0 Å². The van der Waals surface area contributed by atoms with Gasteiger partial charge in [0.05, 0.1) is 6.42 Å². The van der Waals surface area contributed by atoms with E-state index >= 15 is 0 Å². The minimum atomic E-state index is -0.522. The minimum Gasteiger partial charge on any atom is -0.426 e. The summed E-state index contributed by atoms with van der Waals surface area (Å²) in [4.78, 5) is 11.3. The Hall–Kier alpha value is -1.35. The predicted molar refractivity (Wildman–Crippen MR) is 55.0 cm³/mol. The van der Waals surface area contributed by atoms with Gasteiger partial charge in [-0.3, -0.25) is 4.79 Å². The van der Waals surface area contributed by atoms with E-state index in [1.165, 1.54) is 0 Å². The third kappa shape index (κ3) is 4.05. The number of ether oxygens (including phenoxy) is 1. The van der Waals surface area contributed by atoms with Crippen LogP contribution in [-0.4, -0.2) is 11.5 Å². The summed E-state index contributed by atoms with van der Waals surface area (Å²) in [5.41, 5.74) is 5.17. The monoisotopic (exact) mass is 193 g/mol. The molecule has 2 N–H and O–H groups in total. The van der Waals surface area contributed by atoms with Gasteiger partial charge in [0.1, 0.15) is 5.75 Å². The van der Waals surface area contributed by atoms with Crippen LogP contribution in [-0.2, 0) is 4.79 Å². The Labute approximate surface area is 83.9 Å². The highest BCUT2D eigenvalue weighted by Crippen LogP contribution is 2.11. The molecule has 0 fully saturated rings. The molecule has 14 heavy (non-hydrogen) atoms. The Kier molecular flexibility index (Phi) is 3.25. The van der Waals surface area contributed by atoms with E-state index in [1.54, 1.807) is 26.0 Å². The minimum absolute atomic E-state index is 0.210. The number of hydrogen-bond acceptors (Lipinski definition) is 3. The van der Waals surface area contributed by atoms with Crippen LogP contribution < -0.4 is 10.5 Å². The quantitative estimate of drug-likeness (QED) is 0.587. The fraction of sp³-hybridized carbons (Fsp3) is 0.364. The van der Waals surface area contributed by atoms with Crippen LogP contribution in [0.5, 0.6) is 5.75 Å². The van der Waals surface area contributed by atoms with E-state index < -0.39 is 5.54 Å². The van der Waals surface area contributed by atoms with E-state index in [1.807, 2.05) is 18.2 Å². The van der Waals surface area contributed by atoms with Gasteiger partial charge in [-0.2, -0.15) is 0 Å². The fourth-order valence-corrected chi connectivity index (χ4v) is 1.03. The fourth-order valence-electron chi connectivity index (χ4n) is 1.03. The molecule has 0 spiro atoms. The van der Waals surface area contributed by atoms with Crippen LogP contribution in [0.3, 0.4) is 0 Å². The van der Waals surface area contributed by atoms with Gasteiger partial charge < -0.3 is 10.5 Å². The number of nitrogens with two attached hydrogens (primary N) is 1. The van der Waals surface area contributed by atoms with E-state index in [9.17, 15) is 4.79 Å². The van der Waals surface area contributed by atoms with Crippen molar-refractivity contribution in [3.8, 4) is 5.75 Å². The van der Waals surface area contributed by atoms with Crippen molar-refractivity contribution in [2.75, 3.05) is 0 Å². The molecule has 0 radical (unpaired) electrons. The molecule has 0 aromatic heterocycles. The van der Waals surface area contributed by atoms with Crippen LogP contribution in [0.15, 0.2) is 30.3 Å². The zero-order chi connectivity index (χ0) is 10.6. The average Bonchev–Trinajstić information content (AvgIpc) is 2.02. The second kappa shape index (κ2) is 4.24. The lowest BCUT2D eigenvalue weighted by Gasteiger charge is -2.16. The highest BCUT2D eigenvalue weighted by Gasteiger charge is 2.17. The summed E-state index contributed by atoms with van der Waals surface area (Å²) in [6.45, 7) is 3.58. The molecular formula is C11H15NO2. The van der Waals surface area contributed by atoms with Gasteiger partial charge in [0.15, 0.2) is 0 Å². The summed E-state index contributed by atoms with van der Waals surface area (Å²) >= 11 is 0. The molecule has 0 saturated carbocycles. The lowest BCUT2D eigenvalue weighted by Crippen LogP contribution is -2.35. The lowest BCUT2D eigenvalue weighted by molar-refractivity contribution is -0.135. The Bertz CT molecular complexity index is 301. The van der Waals surface area contributed by atoms with Crippen molar-refractivity contribution in [1.82, 2.24) is 0 Å². The highest BCUT2D eigenvalue weighted by molar-refractivity contribution is 5.73. The topological polar surface area (TPSA) is 52.3 Å². The first-order valence-corrected chi connectivity index (χ1v) is 4.52. The Morgan fingerprint density at radius 1 is 1.36 bits per heavy atom. The zero-order valence-corrected chi connectivity index (χ0v) is 8.49. The third-order valence-corrected chi connectivity index (χ3v) is 1.57. The zero-order valence-electron chi connectivity index (χ0n) is 8.49. The van der Waals surface area contributed by atoms with Crippen molar-refractivity contribution in [2.24, 2.45) is 5.73 Å². The van der Waals surface area contributed by atoms with Crippen LogP contribution in [0.1, 0.15) is 20.3 Å². The molecule has 0 unspecified atom stereocenters. The normalized spacial score (nSPS) is 11.1.